The van der Waals surface area contributed by atoms with Crippen LogP contribution in [0.2, 0.25) is 0 Å². The second-order valence-electron chi connectivity index (χ2n) is 2.54. The normalized spacial score (nSPS) is 13.7. The third-order valence-electron chi connectivity index (χ3n) is 1.57. The lowest BCUT2D eigenvalue weighted by Gasteiger charge is -2.15. The molecule has 7 nitrogen and oxygen atoms in total. The van der Waals surface area contributed by atoms with Crippen molar-refractivity contribution in [3.8, 4) is 0 Å². The highest BCUT2D eigenvalue weighted by Crippen LogP contribution is 2.18. The average Bonchev–Trinajstić information content (AvgIpc) is 2.06. The molecule has 68 valence electrons. The molecule has 0 atom stereocenters. The molecule has 7 heteroatoms. The van der Waals surface area contributed by atoms with E-state index in [4.69, 9.17) is 11.5 Å². The number of hydrogen-bond acceptors (Lipinski definition) is 6. The number of nitrogen functional groups attached to an aromatic ring is 1. The van der Waals surface area contributed by atoms with Gasteiger partial charge in [-0.25, -0.2) is 0 Å². The van der Waals surface area contributed by atoms with E-state index in [9.17, 15) is 4.79 Å². The van der Waals surface area contributed by atoms with Crippen LogP contribution in [-0.2, 0) is 0 Å². The van der Waals surface area contributed by atoms with E-state index in [1.54, 1.807) is 0 Å². The standard InChI is InChI=1S/C6H8N6O/c7-2-1-9-4-3(10-2)5(13)12-6(8)11-4/h1,10H,7H2,(H4,8,9,11,12,13). The summed E-state index contributed by atoms with van der Waals surface area (Å²) < 4.78 is 0. The molecule has 2 rings (SSSR count). The number of rotatable bonds is 0. The summed E-state index contributed by atoms with van der Waals surface area (Å²) in [5.41, 5.74) is 10.7. The van der Waals surface area contributed by atoms with Crippen LogP contribution in [0, 0.1) is 0 Å². The summed E-state index contributed by atoms with van der Waals surface area (Å²) >= 11 is 0. The van der Waals surface area contributed by atoms with Gasteiger partial charge < -0.3 is 22.1 Å². The molecule has 0 aliphatic carbocycles. The van der Waals surface area contributed by atoms with Crippen LogP contribution in [0.15, 0.2) is 16.8 Å². The van der Waals surface area contributed by atoms with Gasteiger partial charge >= 0.3 is 0 Å². The second kappa shape index (κ2) is 2.41. The summed E-state index contributed by atoms with van der Waals surface area (Å²) in [4.78, 5) is 17.5. The number of nitrogens with two attached hydrogens (primary N) is 2. The molecule has 0 amide bonds. The van der Waals surface area contributed by atoms with Gasteiger partial charge in [0, 0.05) is 6.20 Å². The molecular weight excluding hydrogens is 172 g/mol. The molecule has 1 aromatic heterocycles. The SMILES string of the molecule is NC1=CNc2nc(N)[nH]c(=O)c2N1. The van der Waals surface area contributed by atoms with Gasteiger partial charge in [0.2, 0.25) is 5.95 Å². The molecule has 13 heavy (non-hydrogen) atoms. The van der Waals surface area contributed by atoms with Crippen LogP contribution in [0.4, 0.5) is 17.5 Å². The monoisotopic (exact) mass is 180 g/mol. The van der Waals surface area contributed by atoms with Gasteiger partial charge in [0.15, 0.2) is 5.82 Å². The van der Waals surface area contributed by atoms with Crippen LogP contribution in [0.25, 0.3) is 0 Å². The molecule has 0 unspecified atom stereocenters. The summed E-state index contributed by atoms with van der Waals surface area (Å²) in [6, 6.07) is 0. The number of fused-ring (bicyclic) bond motifs is 1. The van der Waals surface area contributed by atoms with E-state index in [-0.39, 0.29) is 17.2 Å². The van der Waals surface area contributed by atoms with Crippen molar-refractivity contribution in [3.63, 3.8) is 0 Å². The largest absolute Gasteiger partial charge is 0.384 e. The van der Waals surface area contributed by atoms with Crippen LogP contribution in [0.3, 0.4) is 0 Å². The summed E-state index contributed by atoms with van der Waals surface area (Å²) in [5, 5.41) is 5.40. The first-order valence-corrected chi connectivity index (χ1v) is 3.56. The third kappa shape index (κ3) is 1.15. The molecule has 0 spiro atoms. The first-order chi connectivity index (χ1) is 6.16. The van der Waals surface area contributed by atoms with Gasteiger partial charge in [-0.3, -0.25) is 9.78 Å². The molecule has 7 N–H and O–H groups in total. The molecule has 1 aliphatic rings. The maximum absolute atomic E-state index is 11.3. The molecule has 1 aromatic rings. The smallest absolute Gasteiger partial charge is 0.278 e. The molecule has 0 saturated carbocycles. The Labute approximate surface area is 72.8 Å². The number of aromatic nitrogens is 2. The Kier molecular flexibility index (Phi) is 1.38. The number of nitrogens with one attached hydrogen (secondary N) is 3. The van der Waals surface area contributed by atoms with Crippen molar-refractivity contribution in [2.45, 2.75) is 0 Å². The van der Waals surface area contributed by atoms with Crippen molar-refractivity contribution in [2.75, 3.05) is 16.4 Å². The van der Waals surface area contributed by atoms with E-state index in [0.717, 1.165) is 0 Å². The van der Waals surface area contributed by atoms with Crippen LogP contribution < -0.4 is 27.7 Å². The molecule has 0 saturated heterocycles. The molecule has 1 aliphatic heterocycles. The zero-order valence-electron chi connectivity index (χ0n) is 6.59. The van der Waals surface area contributed by atoms with Crippen molar-refractivity contribution in [1.82, 2.24) is 9.97 Å². The molecule has 2 heterocycles. The number of hydrogen-bond donors (Lipinski definition) is 5. The zero-order valence-corrected chi connectivity index (χ0v) is 6.59. The van der Waals surface area contributed by atoms with Crippen molar-refractivity contribution in [1.29, 1.82) is 0 Å². The summed E-state index contributed by atoms with van der Waals surface area (Å²) in [6.07, 6.45) is 1.49. The first kappa shape index (κ1) is 7.47. The van der Waals surface area contributed by atoms with Gasteiger partial charge in [-0.2, -0.15) is 4.98 Å². The summed E-state index contributed by atoms with van der Waals surface area (Å²) in [6.45, 7) is 0. The quantitative estimate of drug-likeness (QED) is 0.347. The van der Waals surface area contributed by atoms with E-state index >= 15 is 0 Å². The highest BCUT2D eigenvalue weighted by Gasteiger charge is 2.13. The van der Waals surface area contributed by atoms with E-state index in [0.29, 0.717) is 11.6 Å². The predicted molar refractivity (Wildman–Crippen MR) is 48.8 cm³/mol. The molecular formula is C6H8N6O. The Morgan fingerprint density at radius 3 is 2.92 bits per heavy atom. The average molecular weight is 180 g/mol. The van der Waals surface area contributed by atoms with Gasteiger partial charge in [-0.15, -0.1) is 0 Å². The Balaban J connectivity index is 2.59. The molecule has 0 radical (unpaired) electrons. The summed E-state index contributed by atoms with van der Waals surface area (Å²) in [7, 11) is 0. The van der Waals surface area contributed by atoms with E-state index in [1.807, 2.05) is 0 Å². The van der Waals surface area contributed by atoms with Crippen molar-refractivity contribution in [3.05, 3.63) is 22.4 Å². The lowest BCUT2D eigenvalue weighted by Crippen LogP contribution is -2.25. The Morgan fingerprint density at radius 1 is 1.38 bits per heavy atom. The van der Waals surface area contributed by atoms with Gasteiger partial charge in [-0.1, -0.05) is 0 Å². The first-order valence-electron chi connectivity index (χ1n) is 3.56. The molecule has 0 aromatic carbocycles. The van der Waals surface area contributed by atoms with Crippen LogP contribution in [-0.4, -0.2) is 9.97 Å². The van der Waals surface area contributed by atoms with Gasteiger partial charge in [0.05, 0.1) is 0 Å². The summed E-state index contributed by atoms with van der Waals surface area (Å²) in [5.74, 6) is 0.784. The van der Waals surface area contributed by atoms with Crippen LogP contribution in [0.5, 0.6) is 0 Å². The number of H-pyrrole nitrogens is 1. The number of anilines is 3. The zero-order chi connectivity index (χ0) is 9.42. The lowest BCUT2D eigenvalue weighted by atomic mass is 10.4. The van der Waals surface area contributed by atoms with Crippen molar-refractivity contribution >= 4 is 17.5 Å². The van der Waals surface area contributed by atoms with Crippen LogP contribution >= 0.6 is 0 Å². The fourth-order valence-electron chi connectivity index (χ4n) is 1.04. The van der Waals surface area contributed by atoms with E-state index < -0.39 is 0 Å². The fourth-order valence-corrected chi connectivity index (χ4v) is 1.04. The third-order valence-corrected chi connectivity index (χ3v) is 1.57. The maximum Gasteiger partial charge on any atom is 0.278 e. The highest BCUT2D eigenvalue weighted by atomic mass is 16.1. The number of nitrogens with zero attached hydrogens (tertiary/aromatic N) is 1. The minimum absolute atomic E-state index is 0.0620. The Bertz CT molecular complexity index is 433. The van der Waals surface area contributed by atoms with Crippen molar-refractivity contribution < 1.29 is 0 Å². The van der Waals surface area contributed by atoms with Gasteiger partial charge in [0.25, 0.3) is 5.56 Å². The molecule has 0 bridgehead atoms. The fraction of sp³-hybridized carbons (Fsp3) is 0. The van der Waals surface area contributed by atoms with Crippen molar-refractivity contribution in [2.24, 2.45) is 5.73 Å². The number of aromatic amines is 1. The second-order valence-corrected chi connectivity index (χ2v) is 2.54. The van der Waals surface area contributed by atoms with Crippen LogP contribution in [0.1, 0.15) is 0 Å². The maximum atomic E-state index is 11.3. The van der Waals surface area contributed by atoms with E-state index in [1.165, 1.54) is 6.20 Å². The van der Waals surface area contributed by atoms with Gasteiger partial charge in [-0.05, 0) is 0 Å². The Morgan fingerprint density at radius 2 is 2.15 bits per heavy atom. The Hall–Kier alpha value is -2.18. The minimum Gasteiger partial charge on any atom is -0.384 e. The lowest BCUT2D eigenvalue weighted by molar-refractivity contribution is 1.10. The predicted octanol–water partition coefficient (Wildman–Crippen LogP) is -1.05. The topological polar surface area (TPSA) is 122 Å². The molecule has 0 fully saturated rings. The highest BCUT2D eigenvalue weighted by molar-refractivity contribution is 5.70. The van der Waals surface area contributed by atoms with E-state index in [2.05, 4.69) is 20.6 Å². The minimum atomic E-state index is -0.356. The van der Waals surface area contributed by atoms with Gasteiger partial charge in [0.1, 0.15) is 11.5 Å².